The number of aromatic nitrogens is 1. The number of carbonyl (C=O) groups is 1. The maximum Gasteiger partial charge on any atom is 0.270 e. The summed E-state index contributed by atoms with van der Waals surface area (Å²) in [5, 5.41) is 4.70. The van der Waals surface area contributed by atoms with Gasteiger partial charge in [0.05, 0.1) is 5.51 Å². The molecule has 19 heavy (non-hydrogen) atoms. The molecule has 1 aromatic carbocycles. The van der Waals surface area contributed by atoms with Gasteiger partial charge in [0.2, 0.25) is 0 Å². The van der Waals surface area contributed by atoms with Crippen LogP contribution in [-0.4, -0.2) is 17.4 Å². The molecule has 2 rings (SSSR count). The summed E-state index contributed by atoms with van der Waals surface area (Å²) in [6.07, 6.45) is 0. The van der Waals surface area contributed by atoms with Gasteiger partial charge in [-0.2, -0.15) is 0 Å². The van der Waals surface area contributed by atoms with Gasteiger partial charge in [-0.25, -0.2) is 4.98 Å². The van der Waals surface area contributed by atoms with Crippen molar-refractivity contribution >= 4 is 17.2 Å². The molecule has 2 aromatic rings. The second-order valence-electron chi connectivity index (χ2n) is 5.31. The molecule has 0 saturated carbocycles. The molecule has 1 aromatic heterocycles. The first-order chi connectivity index (χ1) is 8.99. The van der Waals surface area contributed by atoms with Crippen LogP contribution in [0.1, 0.15) is 35.5 Å². The van der Waals surface area contributed by atoms with E-state index in [0.29, 0.717) is 12.2 Å². The van der Waals surface area contributed by atoms with Crippen LogP contribution >= 0.6 is 11.3 Å². The third-order valence-electron chi connectivity index (χ3n) is 3.19. The number of amides is 1. The molecular weight excluding hydrogens is 256 g/mol. The second-order valence-corrected chi connectivity index (χ2v) is 6.02. The average Bonchev–Trinajstić information content (AvgIpc) is 2.90. The van der Waals surface area contributed by atoms with Crippen LogP contribution in [0.5, 0.6) is 0 Å². The van der Waals surface area contributed by atoms with E-state index in [4.69, 9.17) is 0 Å². The van der Waals surface area contributed by atoms with E-state index >= 15 is 0 Å². The molecule has 100 valence electrons. The highest BCUT2D eigenvalue weighted by molar-refractivity contribution is 7.07. The van der Waals surface area contributed by atoms with Crippen LogP contribution in [0, 0.1) is 6.92 Å². The van der Waals surface area contributed by atoms with E-state index in [1.807, 2.05) is 0 Å². The molecular formula is C15H18N2OS. The predicted molar refractivity (Wildman–Crippen MR) is 78.7 cm³/mol. The minimum atomic E-state index is -0.110. The maximum atomic E-state index is 11.9. The van der Waals surface area contributed by atoms with Gasteiger partial charge in [-0.05, 0) is 12.5 Å². The number of carbonyl (C=O) groups excluding carboxylic acids is 1. The first kappa shape index (κ1) is 13.7. The summed E-state index contributed by atoms with van der Waals surface area (Å²) in [5.41, 5.74) is 4.52. The molecule has 4 heteroatoms. The normalized spacial score (nSPS) is 11.3. The zero-order chi connectivity index (χ0) is 13.9. The van der Waals surface area contributed by atoms with Crippen molar-refractivity contribution in [3.8, 4) is 0 Å². The fourth-order valence-electron chi connectivity index (χ4n) is 1.82. The van der Waals surface area contributed by atoms with Gasteiger partial charge in [0.1, 0.15) is 5.69 Å². The van der Waals surface area contributed by atoms with Crippen molar-refractivity contribution in [3.63, 3.8) is 0 Å². The van der Waals surface area contributed by atoms with Gasteiger partial charge < -0.3 is 5.32 Å². The fourth-order valence-corrected chi connectivity index (χ4v) is 2.36. The van der Waals surface area contributed by atoms with Crippen molar-refractivity contribution in [2.75, 3.05) is 6.54 Å². The van der Waals surface area contributed by atoms with Crippen LogP contribution in [-0.2, 0) is 5.41 Å². The lowest BCUT2D eigenvalue weighted by atomic mass is 9.84. The lowest BCUT2D eigenvalue weighted by Crippen LogP contribution is -2.36. The molecule has 1 amide bonds. The number of hydrogen-bond acceptors (Lipinski definition) is 3. The highest BCUT2D eigenvalue weighted by Crippen LogP contribution is 2.22. The number of nitrogens with one attached hydrogen (secondary N) is 1. The number of nitrogens with zero attached hydrogens (tertiary/aromatic N) is 1. The Balaban J connectivity index is 2.01. The summed E-state index contributed by atoms with van der Waals surface area (Å²) in [4.78, 5) is 15.9. The Morgan fingerprint density at radius 2 is 2.00 bits per heavy atom. The molecule has 0 atom stereocenters. The smallest absolute Gasteiger partial charge is 0.270 e. The molecule has 0 radical (unpaired) electrons. The van der Waals surface area contributed by atoms with Gasteiger partial charge in [0.25, 0.3) is 5.91 Å². The molecule has 0 saturated heterocycles. The Bertz CT molecular complexity index is 544. The van der Waals surface area contributed by atoms with Crippen LogP contribution in [0.15, 0.2) is 35.2 Å². The molecule has 0 fully saturated rings. The van der Waals surface area contributed by atoms with Crippen LogP contribution in [0.3, 0.4) is 0 Å². The topological polar surface area (TPSA) is 42.0 Å². The van der Waals surface area contributed by atoms with Crippen molar-refractivity contribution in [1.82, 2.24) is 10.3 Å². The molecule has 0 unspecified atom stereocenters. The standard InChI is InChI=1S/C15H18N2OS/c1-11-4-6-12(7-5-11)15(2,3)9-16-14(18)13-8-19-10-17-13/h4-8,10H,9H2,1-3H3,(H,16,18). The van der Waals surface area contributed by atoms with Crippen molar-refractivity contribution < 1.29 is 4.79 Å². The number of thiazole rings is 1. The first-order valence-electron chi connectivity index (χ1n) is 6.22. The predicted octanol–water partition coefficient (Wildman–Crippen LogP) is 3.16. The lowest BCUT2D eigenvalue weighted by Gasteiger charge is -2.25. The minimum Gasteiger partial charge on any atom is -0.350 e. The van der Waals surface area contributed by atoms with Crippen molar-refractivity contribution in [3.05, 3.63) is 52.0 Å². The van der Waals surface area contributed by atoms with Crippen LogP contribution in [0.4, 0.5) is 0 Å². The highest BCUT2D eigenvalue weighted by atomic mass is 32.1. The van der Waals surface area contributed by atoms with Gasteiger partial charge in [0, 0.05) is 17.3 Å². The third-order valence-corrected chi connectivity index (χ3v) is 3.78. The van der Waals surface area contributed by atoms with E-state index in [0.717, 1.165) is 0 Å². The zero-order valence-corrected chi connectivity index (χ0v) is 12.3. The van der Waals surface area contributed by atoms with Gasteiger partial charge in [-0.3, -0.25) is 4.79 Å². The largest absolute Gasteiger partial charge is 0.350 e. The van der Waals surface area contributed by atoms with Gasteiger partial charge in [-0.15, -0.1) is 11.3 Å². The van der Waals surface area contributed by atoms with E-state index in [1.165, 1.54) is 22.5 Å². The molecule has 0 aliphatic heterocycles. The molecule has 0 aliphatic rings. The Hall–Kier alpha value is -1.68. The summed E-state index contributed by atoms with van der Waals surface area (Å²) in [6.45, 7) is 6.91. The highest BCUT2D eigenvalue weighted by Gasteiger charge is 2.21. The molecule has 0 aliphatic carbocycles. The van der Waals surface area contributed by atoms with Crippen LogP contribution < -0.4 is 5.32 Å². The SMILES string of the molecule is Cc1ccc(C(C)(C)CNC(=O)c2cscn2)cc1. The summed E-state index contributed by atoms with van der Waals surface area (Å²) in [5.74, 6) is -0.110. The average molecular weight is 274 g/mol. The Morgan fingerprint density at radius 1 is 1.32 bits per heavy atom. The number of aryl methyl sites for hydroxylation is 1. The maximum absolute atomic E-state index is 11.9. The second kappa shape index (κ2) is 5.53. The first-order valence-corrected chi connectivity index (χ1v) is 7.17. The van der Waals surface area contributed by atoms with E-state index in [-0.39, 0.29) is 11.3 Å². The Kier molecular flexibility index (Phi) is 4.00. The summed E-state index contributed by atoms with van der Waals surface area (Å²) >= 11 is 1.43. The Labute approximate surface area is 117 Å². The van der Waals surface area contributed by atoms with Crippen LogP contribution in [0.25, 0.3) is 0 Å². The molecule has 0 bridgehead atoms. The zero-order valence-electron chi connectivity index (χ0n) is 11.4. The van der Waals surface area contributed by atoms with Gasteiger partial charge in [0.15, 0.2) is 0 Å². The van der Waals surface area contributed by atoms with Gasteiger partial charge in [-0.1, -0.05) is 43.7 Å². The third kappa shape index (κ3) is 3.41. The monoisotopic (exact) mass is 274 g/mol. The van der Waals surface area contributed by atoms with E-state index in [1.54, 1.807) is 10.9 Å². The molecule has 1 N–H and O–H groups in total. The lowest BCUT2D eigenvalue weighted by molar-refractivity contribution is 0.0941. The quantitative estimate of drug-likeness (QED) is 0.930. The summed E-state index contributed by atoms with van der Waals surface area (Å²) in [7, 11) is 0. The fraction of sp³-hybridized carbons (Fsp3) is 0.333. The number of hydrogen-bond donors (Lipinski definition) is 1. The number of rotatable bonds is 4. The summed E-state index contributed by atoms with van der Waals surface area (Å²) < 4.78 is 0. The van der Waals surface area contributed by atoms with Gasteiger partial charge >= 0.3 is 0 Å². The van der Waals surface area contributed by atoms with E-state index < -0.39 is 0 Å². The minimum absolute atomic E-state index is 0.0978. The van der Waals surface area contributed by atoms with Crippen molar-refractivity contribution in [2.24, 2.45) is 0 Å². The van der Waals surface area contributed by atoms with E-state index in [9.17, 15) is 4.79 Å². The van der Waals surface area contributed by atoms with Crippen molar-refractivity contribution in [2.45, 2.75) is 26.2 Å². The Morgan fingerprint density at radius 3 is 2.58 bits per heavy atom. The molecule has 0 spiro atoms. The molecule has 1 heterocycles. The molecule has 3 nitrogen and oxygen atoms in total. The van der Waals surface area contributed by atoms with E-state index in [2.05, 4.69) is 55.3 Å². The number of benzene rings is 1. The van der Waals surface area contributed by atoms with Crippen LogP contribution in [0.2, 0.25) is 0 Å². The summed E-state index contributed by atoms with van der Waals surface area (Å²) in [6, 6.07) is 8.42. The van der Waals surface area contributed by atoms with Crippen molar-refractivity contribution in [1.29, 1.82) is 0 Å².